The van der Waals surface area contributed by atoms with Crippen molar-refractivity contribution >= 4 is 35.8 Å². The molecule has 0 spiro atoms. The molecule has 0 aliphatic heterocycles. The maximum atomic E-state index is 11.7. The topological polar surface area (TPSA) is 65.5 Å². The molecule has 1 amide bonds. The van der Waals surface area contributed by atoms with Crippen molar-refractivity contribution in [2.75, 3.05) is 26.7 Å². The predicted octanol–water partition coefficient (Wildman–Crippen LogP) is 3.34. The van der Waals surface area contributed by atoms with Gasteiger partial charge in [-0.25, -0.2) is 0 Å². The zero-order chi connectivity index (χ0) is 17.6. The Labute approximate surface area is 169 Å². The summed E-state index contributed by atoms with van der Waals surface area (Å²) in [7, 11) is 1.65. The fraction of sp³-hybridized carbons (Fsp3) is 0.579. The Balaban J connectivity index is 0.00000576. The van der Waals surface area contributed by atoms with Crippen molar-refractivity contribution in [3.05, 3.63) is 35.4 Å². The Morgan fingerprint density at radius 2 is 1.92 bits per heavy atom. The van der Waals surface area contributed by atoms with Crippen molar-refractivity contribution < 1.29 is 4.79 Å². The summed E-state index contributed by atoms with van der Waals surface area (Å²) in [5.41, 5.74) is 1.84. The van der Waals surface area contributed by atoms with Crippen LogP contribution in [0.5, 0.6) is 0 Å². The van der Waals surface area contributed by atoms with Crippen LogP contribution in [0.3, 0.4) is 0 Å². The fourth-order valence-electron chi connectivity index (χ4n) is 2.41. The van der Waals surface area contributed by atoms with Gasteiger partial charge >= 0.3 is 0 Å². The summed E-state index contributed by atoms with van der Waals surface area (Å²) in [4.78, 5) is 16.3. The van der Waals surface area contributed by atoms with Crippen LogP contribution in [0.15, 0.2) is 29.3 Å². The summed E-state index contributed by atoms with van der Waals surface area (Å²) in [6, 6.07) is 7.74. The van der Waals surface area contributed by atoms with Gasteiger partial charge in [-0.1, -0.05) is 38.3 Å². The van der Waals surface area contributed by atoms with Crippen molar-refractivity contribution in [1.29, 1.82) is 0 Å². The molecule has 0 saturated heterocycles. The number of nitrogens with one attached hydrogen (secondary N) is 3. The number of rotatable bonds is 10. The van der Waals surface area contributed by atoms with Gasteiger partial charge in [0.1, 0.15) is 0 Å². The Hall–Kier alpha value is -1.31. The Kier molecular flexibility index (Phi) is 14.2. The first-order valence-electron chi connectivity index (χ1n) is 9.04. The summed E-state index contributed by atoms with van der Waals surface area (Å²) in [6.07, 6.45) is 5.76. The van der Waals surface area contributed by atoms with E-state index in [-0.39, 0.29) is 29.9 Å². The summed E-state index contributed by atoms with van der Waals surface area (Å²) >= 11 is 0. The van der Waals surface area contributed by atoms with Crippen molar-refractivity contribution in [3.63, 3.8) is 0 Å². The van der Waals surface area contributed by atoms with Gasteiger partial charge in [0.25, 0.3) is 5.91 Å². The molecule has 0 saturated carbocycles. The van der Waals surface area contributed by atoms with Crippen molar-refractivity contribution in [2.24, 2.45) is 4.99 Å². The van der Waals surface area contributed by atoms with Crippen LogP contribution in [-0.4, -0.2) is 38.5 Å². The average molecular weight is 460 g/mol. The molecule has 0 radical (unpaired) electrons. The number of guanidine groups is 1. The summed E-state index contributed by atoms with van der Waals surface area (Å²) in [6.45, 7) is 6.79. The molecule has 0 aromatic heterocycles. The van der Waals surface area contributed by atoms with Gasteiger partial charge in [-0.2, -0.15) is 0 Å². The van der Waals surface area contributed by atoms with Crippen molar-refractivity contribution in [2.45, 2.75) is 46.0 Å². The molecule has 1 rings (SSSR count). The fourth-order valence-corrected chi connectivity index (χ4v) is 2.41. The lowest BCUT2D eigenvalue weighted by atomic mass is 10.1. The molecular formula is C19H33IN4O. The van der Waals surface area contributed by atoms with Crippen LogP contribution in [0.25, 0.3) is 0 Å². The standard InChI is InChI=1S/C19H32N4O.HI/c1-4-6-7-8-13-22-19(21-5-2)23-14-12-16-10-9-11-17(15-16)18(24)20-3;/h9-11,15H,4-8,12-14H2,1-3H3,(H,20,24)(H2,21,22,23);1H. The van der Waals surface area contributed by atoms with E-state index in [4.69, 9.17) is 0 Å². The number of aliphatic imine (C=N–C) groups is 1. The van der Waals surface area contributed by atoms with Crippen LogP contribution in [0, 0.1) is 0 Å². The SMILES string of the molecule is CCCCCCN=C(NCC)NCCc1cccc(C(=O)NC)c1.I. The second-order valence-electron chi connectivity index (χ2n) is 5.78. The van der Waals surface area contributed by atoms with Gasteiger partial charge in [0, 0.05) is 32.2 Å². The van der Waals surface area contributed by atoms with E-state index >= 15 is 0 Å². The lowest BCUT2D eigenvalue weighted by molar-refractivity contribution is 0.0963. The lowest BCUT2D eigenvalue weighted by Gasteiger charge is -2.11. The first kappa shape index (κ1) is 23.7. The highest BCUT2D eigenvalue weighted by atomic mass is 127. The van der Waals surface area contributed by atoms with Crippen LogP contribution < -0.4 is 16.0 Å². The number of hydrogen-bond acceptors (Lipinski definition) is 2. The van der Waals surface area contributed by atoms with E-state index in [2.05, 4.69) is 34.8 Å². The Bertz CT molecular complexity index is 520. The first-order chi connectivity index (χ1) is 11.7. The molecule has 142 valence electrons. The molecule has 0 fully saturated rings. The average Bonchev–Trinajstić information content (AvgIpc) is 2.61. The second kappa shape index (κ2) is 15.0. The van der Waals surface area contributed by atoms with Gasteiger partial charge < -0.3 is 16.0 Å². The summed E-state index contributed by atoms with van der Waals surface area (Å²) in [5.74, 6) is 0.822. The van der Waals surface area contributed by atoms with Crippen LogP contribution in [0.2, 0.25) is 0 Å². The highest BCUT2D eigenvalue weighted by Crippen LogP contribution is 2.05. The lowest BCUT2D eigenvalue weighted by Crippen LogP contribution is -2.38. The number of amides is 1. The minimum absolute atomic E-state index is 0. The van der Waals surface area contributed by atoms with E-state index in [9.17, 15) is 4.79 Å². The first-order valence-corrected chi connectivity index (χ1v) is 9.04. The van der Waals surface area contributed by atoms with Crippen LogP contribution >= 0.6 is 24.0 Å². The van der Waals surface area contributed by atoms with Crippen molar-refractivity contribution in [3.8, 4) is 0 Å². The number of benzene rings is 1. The van der Waals surface area contributed by atoms with Crippen LogP contribution in [0.1, 0.15) is 55.5 Å². The number of unbranched alkanes of at least 4 members (excludes halogenated alkanes) is 3. The van der Waals surface area contributed by atoms with Gasteiger partial charge in [-0.3, -0.25) is 9.79 Å². The molecule has 0 bridgehead atoms. The molecule has 1 aromatic rings. The van der Waals surface area contributed by atoms with E-state index in [0.717, 1.165) is 44.0 Å². The van der Waals surface area contributed by atoms with Gasteiger partial charge in [0.05, 0.1) is 0 Å². The van der Waals surface area contributed by atoms with Gasteiger partial charge in [0.15, 0.2) is 5.96 Å². The van der Waals surface area contributed by atoms with Gasteiger partial charge in [-0.15, -0.1) is 24.0 Å². The second-order valence-corrected chi connectivity index (χ2v) is 5.78. The van der Waals surface area contributed by atoms with E-state index in [1.807, 2.05) is 24.3 Å². The molecule has 0 atom stereocenters. The van der Waals surface area contributed by atoms with Gasteiger partial charge in [0.2, 0.25) is 0 Å². The number of hydrogen-bond donors (Lipinski definition) is 3. The Morgan fingerprint density at radius 1 is 1.12 bits per heavy atom. The summed E-state index contributed by atoms with van der Waals surface area (Å²) in [5, 5.41) is 9.29. The van der Waals surface area contributed by atoms with E-state index in [1.54, 1.807) is 7.05 Å². The summed E-state index contributed by atoms with van der Waals surface area (Å²) < 4.78 is 0. The molecule has 0 aliphatic carbocycles. The third-order valence-corrected chi connectivity index (χ3v) is 3.75. The molecule has 0 unspecified atom stereocenters. The largest absolute Gasteiger partial charge is 0.357 e. The minimum Gasteiger partial charge on any atom is -0.357 e. The number of nitrogens with zero attached hydrogens (tertiary/aromatic N) is 1. The van der Waals surface area contributed by atoms with Crippen LogP contribution in [-0.2, 0) is 6.42 Å². The molecule has 1 aromatic carbocycles. The third kappa shape index (κ3) is 10.3. The minimum atomic E-state index is -0.0493. The zero-order valence-corrected chi connectivity index (χ0v) is 18.1. The molecule has 25 heavy (non-hydrogen) atoms. The molecular weight excluding hydrogens is 427 g/mol. The number of carbonyl (C=O) groups excluding carboxylic acids is 1. The van der Waals surface area contributed by atoms with E-state index in [0.29, 0.717) is 5.56 Å². The van der Waals surface area contributed by atoms with E-state index < -0.39 is 0 Å². The maximum absolute atomic E-state index is 11.7. The highest BCUT2D eigenvalue weighted by Gasteiger charge is 2.04. The quantitative estimate of drug-likeness (QED) is 0.217. The zero-order valence-electron chi connectivity index (χ0n) is 15.7. The maximum Gasteiger partial charge on any atom is 0.251 e. The molecule has 6 heteroatoms. The predicted molar refractivity (Wildman–Crippen MR) is 117 cm³/mol. The highest BCUT2D eigenvalue weighted by molar-refractivity contribution is 14.0. The molecule has 5 nitrogen and oxygen atoms in total. The third-order valence-electron chi connectivity index (χ3n) is 3.75. The Morgan fingerprint density at radius 3 is 2.60 bits per heavy atom. The monoisotopic (exact) mass is 460 g/mol. The van der Waals surface area contributed by atoms with Gasteiger partial charge in [-0.05, 0) is 37.5 Å². The van der Waals surface area contributed by atoms with E-state index in [1.165, 1.54) is 19.3 Å². The normalized spacial score (nSPS) is 10.8. The number of halogens is 1. The number of carbonyl (C=O) groups is 1. The molecule has 0 aliphatic rings. The molecule has 3 N–H and O–H groups in total. The van der Waals surface area contributed by atoms with Crippen molar-refractivity contribution in [1.82, 2.24) is 16.0 Å². The molecule has 0 heterocycles. The van der Waals surface area contributed by atoms with Crippen LogP contribution in [0.4, 0.5) is 0 Å². The smallest absolute Gasteiger partial charge is 0.251 e.